The van der Waals surface area contributed by atoms with Gasteiger partial charge in [-0.2, -0.15) is 10.2 Å². The van der Waals surface area contributed by atoms with Crippen LogP contribution in [0.1, 0.15) is 18.5 Å². The zero-order chi connectivity index (χ0) is 15.5. The van der Waals surface area contributed by atoms with Crippen LogP contribution in [0.5, 0.6) is 0 Å². The third-order valence-electron chi connectivity index (χ3n) is 4.09. The Bertz CT molecular complexity index is 633. The molecule has 0 saturated carbocycles. The molecule has 0 unspecified atom stereocenters. The maximum Gasteiger partial charge on any atom is 0.238 e. The average Bonchev–Trinajstić information content (AvgIpc) is 3.16. The second-order valence-electron chi connectivity index (χ2n) is 5.84. The van der Waals surface area contributed by atoms with Crippen molar-refractivity contribution in [2.24, 2.45) is 7.05 Å². The first-order valence-corrected chi connectivity index (χ1v) is 7.63. The molecule has 7 heteroatoms. The highest BCUT2D eigenvalue weighted by Crippen LogP contribution is 2.19. The number of hydrogen-bond acceptors (Lipinski definition) is 4. The van der Waals surface area contributed by atoms with Crippen molar-refractivity contribution in [2.75, 3.05) is 18.4 Å². The highest BCUT2D eigenvalue weighted by molar-refractivity contribution is 5.92. The minimum atomic E-state index is 0.0171. The van der Waals surface area contributed by atoms with Gasteiger partial charge in [-0.05, 0) is 32.4 Å². The first kappa shape index (κ1) is 14.8. The van der Waals surface area contributed by atoms with Gasteiger partial charge in [-0.25, -0.2) is 0 Å². The number of carbonyl (C=O) groups is 1. The van der Waals surface area contributed by atoms with Gasteiger partial charge in [0.1, 0.15) is 0 Å². The van der Waals surface area contributed by atoms with Crippen LogP contribution in [0.15, 0.2) is 24.7 Å². The summed E-state index contributed by atoms with van der Waals surface area (Å²) < 4.78 is 3.65. The zero-order valence-electron chi connectivity index (χ0n) is 13.1. The lowest BCUT2D eigenvalue weighted by atomic mass is 10.2. The molecule has 1 N–H and O–H groups in total. The highest BCUT2D eigenvalue weighted by atomic mass is 16.2. The van der Waals surface area contributed by atoms with Crippen LogP contribution in [-0.2, 0) is 18.4 Å². The Morgan fingerprint density at radius 3 is 3.05 bits per heavy atom. The molecule has 7 nitrogen and oxygen atoms in total. The Hall–Kier alpha value is -2.15. The molecule has 1 saturated heterocycles. The SMILES string of the molecule is Cc1nn(C)cc1NC(=O)CN1CCC[C@H]1Cn1cccn1. The van der Waals surface area contributed by atoms with E-state index in [1.807, 2.05) is 37.1 Å². The maximum atomic E-state index is 12.3. The van der Waals surface area contributed by atoms with E-state index in [1.165, 1.54) is 0 Å². The predicted molar refractivity (Wildman–Crippen MR) is 83.4 cm³/mol. The van der Waals surface area contributed by atoms with Gasteiger partial charge in [0, 0.05) is 31.7 Å². The molecule has 0 spiro atoms. The molecular formula is C15H22N6O. The Kier molecular flexibility index (Phi) is 4.24. The second kappa shape index (κ2) is 6.31. The van der Waals surface area contributed by atoms with Crippen molar-refractivity contribution in [1.82, 2.24) is 24.5 Å². The first-order valence-electron chi connectivity index (χ1n) is 7.63. The topological polar surface area (TPSA) is 68.0 Å². The molecule has 2 aromatic rings. The van der Waals surface area contributed by atoms with E-state index in [2.05, 4.69) is 20.4 Å². The molecule has 0 aliphatic carbocycles. The summed E-state index contributed by atoms with van der Waals surface area (Å²) in [5, 5.41) is 11.4. The number of nitrogens with one attached hydrogen (secondary N) is 1. The Morgan fingerprint density at radius 1 is 1.50 bits per heavy atom. The van der Waals surface area contributed by atoms with Gasteiger partial charge in [0.15, 0.2) is 0 Å². The summed E-state index contributed by atoms with van der Waals surface area (Å²) in [6, 6.07) is 2.30. The highest BCUT2D eigenvalue weighted by Gasteiger charge is 2.26. The van der Waals surface area contributed by atoms with Crippen LogP contribution < -0.4 is 5.32 Å². The van der Waals surface area contributed by atoms with Crippen LogP contribution in [0.3, 0.4) is 0 Å². The van der Waals surface area contributed by atoms with Crippen LogP contribution in [0.2, 0.25) is 0 Å². The van der Waals surface area contributed by atoms with E-state index in [-0.39, 0.29) is 5.91 Å². The largest absolute Gasteiger partial charge is 0.322 e. The third kappa shape index (κ3) is 3.36. The summed E-state index contributed by atoms with van der Waals surface area (Å²) in [4.78, 5) is 14.5. The number of aryl methyl sites for hydroxylation is 2. The van der Waals surface area contributed by atoms with E-state index in [0.717, 1.165) is 37.3 Å². The van der Waals surface area contributed by atoms with Gasteiger partial charge in [-0.1, -0.05) is 0 Å². The molecule has 0 aromatic carbocycles. The molecule has 1 aliphatic rings. The summed E-state index contributed by atoms with van der Waals surface area (Å²) in [6.07, 6.45) is 7.83. The van der Waals surface area contributed by atoms with Gasteiger partial charge in [0.25, 0.3) is 0 Å². The number of amides is 1. The fraction of sp³-hybridized carbons (Fsp3) is 0.533. The molecule has 0 radical (unpaired) electrons. The second-order valence-corrected chi connectivity index (χ2v) is 5.84. The lowest BCUT2D eigenvalue weighted by molar-refractivity contribution is -0.117. The van der Waals surface area contributed by atoms with E-state index in [9.17, 15) is 4.79 Å². The first-order chi connectivity index (χ1) is 10.6. The average molecular weight is 302 g/mol. The molecule has 2 aromatic heterocycles. The van der Waals surface area contributed by atoms with Crippen molar-refractivity contribution in [3.8, 4) is 0 Å². The monoisotopic (exact) mass is 302 g/mol. The number of anilines is 1. The number of rotatable bonds is 5. The minimum absolute atomic E-state index is 0.0171. The molecule has 0 bridgehead atoms. The standard InChI is InChI=1S/C15H22N6O/c1-12-14(10-19(2)18-12)17-15(22)11-20-7-3-5-13(20)9-21-8-4-6-16-21/h4,6,8,10,13H,3,5,7,9,11H2,1-2H3,(H,17,22)/t13-/m0/s1. The Morgan fingerprint density at radius 2 is 2.36 bits per heavy atom. The van der Waals surface area contributed by atoms with Crippen molar-refractivity contribution in [3.05, 3.63) is 30.4 Å². The van der Waals surface area contributed by atoms with E-state index in [4.69, 9.17) is 0 Å². The third-order valence-corrected chi connectivity index (χ3v) is 4.09. The molecule has 22 heavy (non-hydrogen) atoms. The van der Waals surface area contributed by atoms with Gasteiger partial charge in [-0.15, -0.1) is 0 Å². The number of aromatic nitrogens is 4. The molecule has 1 aliphatic heterocycles. The Labute approximate surface area is 129 Å². The lowest BCUT2D eigenvalue weighted by Crippen LogP contribution is -2.39. The maximum absolute atomic E-state index is 12.3. The quantitative estimate of drug-likeness (QED) is 0.895. The number of carbonyl (C=O) groups excluding carboxylic acids is 1. The van der Waals surface area contributed by atoms with Gasteiger partial charge in [0.2, 0.25) is 5.91 Å². The molecule has 3 heterocycles. The van der Waals surface area contributed by atoms with E-state index < -0.39 is 0 Å². The Balaban J connectivity index is 1.57. The molecule has 3 rings (SSSR count). The van der Waals surface area contributed by atoms with Gasteiger partial charge < -0.3 is 5.32 Å². The van der Waals surface area contributed by atoms with E-state index >= 15 is 0 Å². The molecule has 1 atom stereocenters. The molecular weight excluding hydrogens is 280 g/mol. The smallest absolute Gasteiger partial charge is 0.238 e. The van der Waals surface area contributed by atoms with Crippen molar-refractivity contribution >= 4 is 11.6 Å². The summed E-state index contributed by atoms with van der Waals surface area (Å²) in [5.74, 6) is 0.0171. The summed E-state index contributed by atoms with van der Waals surface area (Å²) in [5.41, 5.74) is 1.63. The molecule has 118 valence electrons. The number of likely N-dealkylation sites (tertiary alicyclic amines) is 1. The lowest BCUT2D eigenvalue weighted by Gasteiger charge is -2.23. The van der Waals surface area contributed by atoms with Crippen molar-refractivity contribution in [3.63, 3.8) is 0 Å². The van der Waals surface area contributed by atoms with Crippen LogP contribution >= 0.6 is 0 Å². The summed E-state index contributed by atoms with van der Waals surface area (Å²) in [6.45, 7) is 4.11. The molecule has 1 fully saturated rings. The molecule has 1 amide bonds. The van der Waals surface area contributed by atoms with Gasteiger partial charge >= 0.3 is 0 Å². The van der Waals surface area contributed by atoms with E-state index in [1.54, 1.807) is 10.9 Å². The minimum Gasteiger partial charge on any atom is -0.322 e. The number of nitrogens with zero attached hydrogens (tertiary/aromatic N) is 5. The van der Waals surface area contributed by atoms with Crippen LogP contribution in [-0.4, -0.2) is 49.5 Å². The van der Waals surface area contributed by atoms with Crippen molar-refractivity contribution < 1.29 is 4.79 Å². The van der Waals surface area contributed by atoms with E-state index in [0.29, 0.717) is 12.6 Å². The normalized spacial score (nSPS) is 18.7. The van der Waals surface area contributed by atoms with Crippen molar-refractivity contribution in [1.29, 1.82) is 0 Å². The summed E-state index contributed by atoms with van der Waals surface area (Å²) in [7, 11) is 1.85. The predicted octanol–water partition coefficient (Wildman–Crippen LogP) is 1.03. The van der Waals surface area contributed by atoms with Crippen LogP contribution in [0.4, 0.5) is 5.69 Å². The fourth-order valence-electron chi connectivity index (χ4n) is 3.03. The van der Waals surface area contributed by atoms with Crippen molar-refractivity contribution in [2.45, 2.75) is 32.4 Å². The van der Waals surface area contributed by atoms with Gasteiger partial charge in [0.05, 0.1) is 24.5 Å². The van der Waals surface area contributed by atoms with Crippen LogP contribution in [0, 0.1) is 6.92 Å². The zero-order valence-corrected chi connectivity index (χ0v) is 13.1. The van der Waals surface area contributed by atoms with Gasteiger partial charge in [-0.3, -0.25) is 19.1 Å². The summed E-state index contributed by atoms with van der Waals surface area (Å²) >= 11 is 0. The fourth-order valence-corrected chi connectivity index (χ4v) is 3.03. The number of hydrogen-bond donors (Lipinski definition) is 1. The van der Waals surface area contributed by atoms with Crippen LogP contribution in [0.25, 0.3) is 0 Å².